The van der Waals surface area contributed by atoms with Gasteiger partial charge in [0.15, 0.2) is 34.7 Å². The topological polar surface area (TPSA) is 158 Å². The van der Waals surface area contributed by atoms with Gasteiger partial charge in [0.25, 0.3) is 0 Å². The summed E-state index contributed by atoms with van der Waals surface area (Å²) in [5, 5.41) is 23.9. The largest absolute Gasteiger partial charge is 0.507 e. The normalized spacial score (nSPS) is 31.2. The number of fused-ring (bicyclic) bond motifs is 3. The van der Waals surface area contributed by atoms with E-state index in [1.54, 1.807) is 21.0 Å². The Labute approximate surface area is 266 Å². The van der Waals surface area contributed by atoms with E-state index in [0.29, 0.717) is 23.5 Å². The van der Waals surface area contributed by atoms with Gasteiger partial charge in [0, 0.05) is 25.2 Å². The number of unbranched alkanes of at least 4 members (excludes halogenated alkanes) is 2. The molecule has 0 saturated heterocycles. The molecular formula is C35H51N3O7. The monoisotopic (exact) mass is 625 g/mol. The second-order valence-corrected chi connectivity index (χ2v) is 14.8. The Morgan fingerprint density at radius 3 is 2.09 bits per heavy atom. The van der Waals surface area contributed by atoms with Gasteiger partial charge in [-0.2, -0.15) is 0 Å². The zero-order chi connectivity index (χ0) is 33.8. The third-order valence-corrected chi connectivity index (χ3v) is 11.0. The van der Waals surface area contributed by atoms with Crippen LogP contribution in [-0.4, -0.2) is 84.0 Å². The molecule has 0 aliphatic heterocycles. The van der Waals surface area contributed by atoms with Gasteiger partial charge in [0.2, 0.25) is 5.91 Å². The lowest BCUT2D eigenvalue weighted by Gasteiger charge is -2.61. The Morgan fingerprint density at radius 1 is 1.02 bits per heavy atom. The Bertz CT molecular complexity index is 1410. The summed E-state index contributed by atoms with van der Waals surface area (Å²) in [7, 11) is 6.91. The number of phenolic OH excluding ortho intramolecular Hbond substituents is 1. The van der Waals surface area contributed by atoms with Crippen molar-refractivity contribution in [2.24, 2.45) is 34.3 Å². The summed E-state index contributed by atoms with van der Waals surface area (Å²) >= 11 is 0. The number of aliphatic hydroxyl groups is 1. The zero-order valence-electron chi connectivity index (χ0n) is 28.2. The van der Waals surface area contributed by atoms with E-state index < -0.39 is 63.3 Å². The number of nitrogens with zero attached hydrogens (tertiary/aromatic N) is 2. The first-order chi connectivity index (χ1) is 20.9. The highest BCUT2D eigenvalue weighted by atomic mass is 16.3. The van der Waals surface area contributed by atoms with E-state index >= 15 is 0 Å². The molecule has 2 fully saturated rings. The van der Waals surface area contributed by atoms with Crippen LogP contribution < -0.4 is 10.6 Å². The van der Waals surface area contributed by atoms with Crippen molar-refractivity contribution in [1.29, 1.82) is 0 Å². The molecule has 45 heavy (non-hydrogen) atoms. The number of phenols is 1. The number of hydrogen-bond donors (Lipinski definition) is 3. The van der Waals surface area contributed by atoms with Gasteiger partial charge in [-0.15, -0.1) is 0 Å². The smallest absolute Gasteiger partial charge is 0.235 e. The van der Waals surface area contributed by atoms with Crippen molar-refractivity contribution < 1.29 is 34.2 Å². The number of rotatable bonds is 11. The van der Waals surface area contributed by atoms with Crippen molar-refractivity contribution >= 4 is 34.7 Å². The van der Waals surface area contributed by atoms with Gasteiger partial charge in [0.05, 0.1) is 17.5 Å². The minimum absolute atomic E-state index is 0.0324. The van der Waals surface area contributed by atoms with Gasteiger partial charge in [-0.3, -0.25) is 28.9 Å². The van der Waals surface area contributed by atoms with E-state index in [4.69, 9.17) is 5.73 Å². The molecule has 10 nitrogen and oxygen atoms in total. The zero-order valence-corrected chi connectivity index (χ0v) is 28.2. The van der Waals surface area contributed by atoms with Crippen LogP contribution in [0, 0.1) is 28.6 Å². The molecule has 6 atom stereocenters. The van der Waals surface area contributed by atoms with Gasteiger partial charge in [-0.1, -0.05) is 66.2 Å². The van der Waals surface area contributed by atoms with Crippen LogP contribution in [0.25, 0.3) is 0 Å². The molecule has 1 aromatic carbocycles. The molecule has 0 heterocycles. The van der Waals surface area contributed by atoms with Crippen LogP contribution in [0.15, 0.2) is 6.07 Å². The van der Waals surface area contributed by atoms with Crippen molar-refractivity contribution in [3.63, 3.8) is 0 Å². The number of amides is 1. The number of carbonyl (C=O) groups excluding carboxylic acids is 5. The number of aromatic hydroxyl groups is 1. The highest BCUT2D eigenvalue weighted by Gasteiger charge is 2.76. The Balaban J connectivity index is 1.91. The molecule has 0 spiro atoms. The summed E-state index contributed by atoms with van der Waals surface area (Å²) in [5.41, 5.74) is 1.99. The minimum atomic E-state index is -2.81. The van der Waals surface area contributed by atoms with Crippen molar-refractivity contribution in [1.82, 2.24) is 4.90 Å². The summed E-state index contributed by atoms with van der Waals surface area (Å²) in [6.07, 6.45) is 6.97. The fourth-order valence-corrected chi connectivity index (χ4v) is 9.02. The molecule has 0 bridgehead atoms. The molecule has 2 saturated carbocycles. The number of likely N-dealkylation sites (N-methyl/N-ethyl adjacent to an activating group) is 1. The lowest BCUT2D eigenvalue weighted by molar-refractivity contribution is -0.203. The second kappa shape index (κ2) is 12.2. The van der Waals surface area contributed by atoms with Crippen molar-refractivity contribution in [3.05, 3.63) is 22.8 Å². The molecule has 0 aromatic heterocycles. The quantitative estimate of drug-likeness (QED) is 0.314. The molecular weight excluding hydrogens is 574 g/mol. The van der Waals surface area contributed by atoms with Crippen molar-refractivity contribution in [2.75, 3.05) is 33.1 Å². The van der Waals surface area contributed by atoms with Crippen molar-refractivity contribution in [3.8, 4) is 5.75 Å². The molecule has 3 aliphatic rings. The number of hydrogen-bond acceptors (Lipinski definition) is 9. The van der Waals surface area contributed by atoms with E-state index in [1.165, 1.54) is 11.8 Å². The standard InChI is InChI=1S/C35H51N3O7/c1-9-11-13-19(14-12-10-2)15-20-16-22(37(5)6)21-17-33(3)18-34(4)29(38(7)8)28(41)24(32(36)44)30(42)35(34,45)31(43)25(33)27(40)23(21)26(20)39/h16,19,24-25,29,39,45H,9-15,17-18H2,1-8H3,(H2,36,44)/t24?,25?,29-,33+,34+,35-/m1/s1. The van der Waals surface area contributed by atoms with Crippen LogP contribution in [0.3, 0.4) is 0 Å². The van der Waals surface area contributed by atoms with Crippen LogP contribution in [0.2, 0.25) is 0 Å². The van der Waals surface area contributed by atoms with Gasteiger partial charge < -0.3 is 20.8 Å². The summed E-state index contributed by atoms with van der Waals surface area (Å²) in [6.45, 7) is 7.59. The van der Waals surface area contributed by atoms with E-state index in [0.717, 1.165) is 44.2 Å². The molecule has 1 amide bonds. The number of Topliss-reactive ketones (excluding diaryl/α,β-unsaturated/α-hetero) is 4. The van der Waals surface area contributed by atoms with Crippen LogP contribution in [0.4, 0.5) is 5.69 Å². The minimum Gasteiger partial charge on any atom is -0.507 e. The number of carbonyl (C=O) groups is 5. The van der Waals surface area contributed by atoms with Crippen molar-refractivity contribution in [2.45, 2.75) is 97.1 Å². The Kier molecular flexibility index (Phi) is 9.46. The predicted octanol–water partition coefficient (Wildman–Crippen LogP) is 3.25. The van der Waals surface area contributed by atoms with Gasteiger partial charge >= 0.3 is 0 Å². The number of ketones is 4. The maximum Gasteiger partial charge on any atom is 0.235 e. The van der Waals surface area contributed by atoms with Crippen LogP contribution in [-0.2, 0) is 32.0 Å². The van der Waals surface area contributed by atoms with Crippen LogP contribution in [0.5, 0.6) is 5.75 Å². The third-order valence-electron chi connectivity index (χ3n) is 11.0. The Morgan fingerprint density at radius 2 is 1.60 bits per heavy atom. The fraction of sp³-hybridized carbons (Fsp3) is 0.686. The van der Waals surface area contributed by atoms with E-state index in [2.05, 4.69) is 13.8 Å². The van der Waals surface area contributed by atoms with Crippen LogP contribution in [0.1, 0.15) is 94.1 Å². The SMILES string of the molecule is CCCCC(CCCC)Cc1cc(N(C)C)c2c(c1O)C(=O)C1C(=O)[C@]3(O)C(=O)C(C(N)=O)C(=O)[C@@H](N(C)C)[C@]3(C)C[C@]1(C)C2. The fourth-order valence-electron chi connectivity index (χ4n) is 9.02. The third kappa shape index (κ3) is 5.22. The predicted molar refractivity (Wildman–Crippen MR) is 171 cm³/mol. The van der Waals surface area contributed by atoms with Crippen LogP contribution >= 0.6 is 0 Å². The van der Waals surface area contributed by atoms with Gasteiger partial charge in [-0.05, 0) is 61.9 Å². The molecule has 4 rings (SSSR count). The summed E-state index contributed by atoms with van der Waals surface area (Å²) in [6, 6.07) is 0.759. The highest BCUT2D eigenvalue weighted by Crippen LogP contribution is 2.62. The van der Waals surface area contributed by atoms with E-state index in [1.807, 2.05) is 25.1 Å². The summed E-state index contributed by atoms with van der Waals surface area (Å²) in [4.78, 5) is 72.4. The van der Waals surface area contributed by atoms with Gasteiger partial charge in [0.1, 0.15) is 5.75 Å². The summed E-state index contributed by atoms with van der Waals surface area (Å²) in [5.74, 6) is -8.29. The molecule has 4 N–H and O–H groups in total. The Hall–Kier alpha value is -3.11. The lowest BCUT2D eigenvalue weighted by atomic mass is 9.42. The average molecular weight is 626 g/mol. The first kappa shape index (κ1) is 34.8. The second-order valence-electron chi connectivity index (χ2n) is 14.8. The number of nitrogens with two attached hydrogens (primary N) is 1. The first-order valence-corrected chi connectivity index (χ1v) is 16.3. The molecule has 0 radical (unpaired) electrons. The van der Waals surface area contributed by atoms with E-state index in [9.17, 15) is 34.2 Å². The summed E-state index contributed by atoms with van der Waals surface area (Å²) < 4.78 is 0. The maximum absolute atomic E-state index is 14.6. The number of primary amides is 1. The maximum atomic E-state index is 14.6. The highest BCUT2D eigenvalue weighted by molar-refractivity contribution is 6.33. The first-order valence-electron chi connectivity index (χ1n) is 16.3. The molecule has 10 heteroatoms. The van der Waals surface area contributed by atoms with E-state index in [-0.39, 0.29) is 24.2 Å². The molecule has 2 unspecified atom stereocenters. The van der Waals surface area contributed by atoms with Gasteiger partial charge in [-0.25, -0.2) is 0 Å². The molecule has 1 aromatic rings. The average Bonchev–Trinajstić information content (AvgIpc) is 2.92. The number of benzene rings is 1. The molecule has 3 aliphatic carbocycles. The number of anilines is 1. The lowest BCUT2D eigenvalue weighted by Crippen LogP contribution is -2.79. The molecule has 248 valence electrons.